The van der Waals surface area contributed by atoms with Gasteiger partial charge in [0.05, 0.1) is 45.0 Å². The van der Waals surface area contributed by atoms with Gasteiger partial charge in [0.2, 0.25) is 0 Å². The molecule has 288 valence electrons. The molecule has 1 aliphatic heterocycles. The van der Waals surface area contributed by atoms with Crippen LogP contribution in [0, 0.1) is 23.2 Å². The van der Waals surface area contributed by atoms with Crippen LogP contribution in [0.15, 0.2) is 109 Å². The summed E-state index contributed by atoms with van der Waals surface area (Å²) in [6, 6.07) is 8.86. The summed E-state index contributed by atoms with van der Waals surface area (Å²) >= 11 is 25.2. The Balaban J connectivity index is 1.53. The highest BCUT2D eigenvalue weighted by molar-refractivity contribution is 6.44. The lowest BCUT2D eigenvalue weighted by Gasteiger charge is -2.33. The van der Waals surface area contributed by atoms with E-state index >= 15 is 0 Å². The standard InChI is InChI=1S/C44H48Cl4O6/c1-25(2)21-51-23-43(5,6)39-17-27(15-37(53-39)29-9-11-33(45)35(47)19-29)13-31-41(49)32(42(31)50)14-28-16-38(30-10-12-34(46)36(48)20-30)54-40(18-28)44(7,8)24-52-22-26(3)4/h9,11-20,25-26,30H,10,21-24H2,1-8H3. The molecule has 0 saturated carbocycles. The van der Waals surface area contributed by atoms with Crippen molar-refractivity contribution in [2.24, 2.45) is 23.2 Å². The van der Waals surface area contributed by atoms with Gasteiger partial charge in [0.25, 0.3) is 0 Å². The van der Waals surface area contributed by atoms with Gasteiger partial charge in [0.15, 0.2) is 5.78 Å². The highest BCUT2D eigenvalue weighted by atomic mass is 35.5. The summed E-state index contributed by atoms with van der Waals surface area (Å²) in [5.74, 6) is 2.29. The van der Waals surface area contributed by atoms with E-state index in [1.54, 1.807) is 30.4 Å². The Morgan fingerprint density at radius 1 is 0.889 bits per heavy atom. The second-order valence-electron chi connectivity index (χ2n) is 16.2. The lowest BCUT2D eigenvalue weighted by molar-refractivity contribution is -0.300. The van der Waals surface area contributed by atoms with Gasteiger partial charge < -0.3 is 19.3 Å². The molecule has 0 spiro atoms. The van der Waals surface area contributed by atoms with Gasteiger partial charge >= 0.3 is 11.5 Å². The molecular formula is C44H48Cl4O6. The summed E-state index contributed by atoms with van der Waals surface area (Å²) in [6.07, 6.45) is 11.3. The predicted molar refractivity (Wildman–Crippen MR) is 218 cm³/mol. The van der Waals surface area contributed by atoms with Crippen molar-refractivity contribution in [1.82, 2.24) is 0 Å². The zero-order valence-corrected chi connectivity index (χ0v) is 35.1. The number of ketones is 1. The lowest BCUT2D eigenvalue weighted by Crippen LogP contribution is -2.29. The number of carbonyl (C=O) groups excluding carboxylic acids is 1. The van der Waals surface area contributed by atoms with Gasteiger partial charge in [-0.15, -0.1) is 0 Å². The Morgan fingerprint density at radius 2 is 1.56 bits per heavy atom. The van der Waals surface area contributed by atoms with Crippen LogP contribution in [0.4, 0.5) is 0 Å². The molecule has 54 heavy (non-hydrogen) atoms. The first-order valence-electron chi connectivity index (χ1n) is 18.2. The van der Waals surface area contributed by atoms with Gasteiger partial charge in [-0.25, -0.2) is 4.42 Å². The van der Waals surface area contributed by atoms with Gasteiger partial charge in [0, 0.05) is 41.8 Å². The molecule has 0 saturated heterocycles. The molecule has 0 bridgehead atoms. The van der Waals surface area contributed by atoms with Crippen molar-refractivity contribution < 1.29 is 28.5 Å². The fraction of sp³-hybridized carbons (Fsp3) is 0.409. The number of Topliss-reactive ketones (excluding diaryl/α,β-unsaturated/α-hetero) is 1. The maximum absolute atomic E-state index is 13.7. The molecule has 1 aromatic carbocycles. The Morgan fingerprint density at radius 3 is 2.17 bits per heavy atom. The van der Waals surface area contributed by atoms with Crippen LogP contribution in [0.3, 0.4) is 0 Å². The van der Waals surface area contributed by atoms with E-state index in [-0.39, 0.29) is 28.6 Å². The molecule has 0 fully saturated rings. The molecule has 0 radical (unpaired) electrons. The summed E-state index contributed by atoms with van der Waals surface area (Å²) < 4.78 is 24.9. The Bertz CT molecular complexity index is 2010. The van der Waals surface area contributed by atoms with Crippen molar-refractivity contribution in [3.8, 4) is 11.3 Å². The maximum atomic E-state index is 13.7. The summed E-state index contributed by atoms with van der Waals surface area (Å²) in [6.45, 7) is 18.5. The van der Waals surface area contributed by atoms with E-state index in [4.69, 9.17) is 65.0 Å². The minimum atomic E-state index is -0.534. The number of hydrogen-bond donors (Lipinski definition) is 0. The van der Waals surface area contributed by atoms with E-state index in [2.05, 4.69) is 27.7 Å². The van der Waals surface area contributed by atoms with E-state index in [1.807, 2.05) is 64.1 Å². The number of allylic oxidation sites excluding steroid dienone is 10. The van der Waals surface area contributed by atoms with Crippen molar-refractivity contribution >= 4 is 58.3 Å². The summed E-state index contributed by atoms with van der Waals surface area (Å²) in [4.78, 5) is 13.7. The van der Waals surface area contributed by atoms with Crippen molar-refractivity contribution in [3.05, 3.63) is 126 Å². The molecule has 2 heterocycles. The van der Waals surface area contributed by atoms with Crippen LogP contribution in [0.5, 0.6) is 0 Å². The van der Waals surface area contributed by atoms with E-state index in [1.165, 1.54) is 0 Å². The van der Waals surface area contributed by atoms with Crippen LogP contribution < -0.4 is 5.11 Å². The van der Waals surface area contributed by atoms with Gasteiger partial charge in [0.1, 0.15) is 16.9 Å². The van der Waals surface area contributed by atoms with Gasteiger partial charge in [-0.1, -0.05) is 106 Å². The number of halogens is 4. The molecule has 5 rings (SSSR count). The summed E-state index contributed by atoms with van der Waals surface area (Å²) in [5, 5.41) is 15.5. The molecule has 0 N–H and O–H groups in total. The zero-order valence-electron chi connectivity index (χ0n) is 32.1. The molecule has 1 unspecified atom stereocenters. The normalized spacial score (nSPS) is 19.6. The van der Waals surface area contributed by atoms with E-state index < -0.39 is 10.8 Å². The Hall–Kier alpha value is -3.10. The third kappa shape index (κ3) is 10.2. The average molecular weight is 815 g/mol. The quantitative estimate of drug-likeness (QED) is 0.140. The molecule has 0 amide bonds. The lowest BCUT2D eigenvalue weighted by atomic mass is 9.83. The maximum Gasteiger partial charge on any atom is 0.360 e. The number of ether oxygens (including phenoxy) is 3. The van der Waals surface area contributed by atoms with E-state index in [9.17, 15) is 9.90 Å². The molecule has 6 nitrogen and oxygen atoms in total. The SMILES string of the molecule is CC(C)COCC(C)(C)C1=C/C(=C/C2=C([O-])C(=C\c3cc(-c4ccc(Cl)c(Cl)c4)[o+]c(C(C)(C)COCC(C)C)c3)/C2=O)C=C(C2C=C(Cl)C(Cl)=CC2)O1. The van der Waals surface area contributed by atoms with Crippen LogP contribution in [-0.4, -0.2) is 32.2 Å². The first-order chi connectivity index (χ1) is 25.3. The van der Waals surface area contributed by atoms with Crippen LogP contribution in [0.2, 0.25) is 10.0 Å². The number of rotatable bonds is 14. The first-order valence-corrected chi connectivity index (χ1v) is 19.7. The van der Waals surface area contributed by atoms with E-state index in [0.29, 0.717) is 105 Å². The van der Waals surface area contributed by atoms with Crippen LogP contribution in [0.1, 0.15) is 73.1 Å². The average Bonchev–Trinajstić information content (AvgIpc) is 3.11. The van der Waals surface area contributed by atoms with Gasteiger partial charge in [-0.05, 0) is 85.7 Å². The fourth-order valence-electron chi connectivity index (χ4n) is 5.99. The second-order valence-corrected chi connectivity index (χ2v) is 17.8. The van der Waals surface area contributed by atoms with Crippen molar-refractivity contribution in [2.45, 2.75) is 67.2 Å². The first kappa shape index (κ1) is 42.1. The smallest absolute Gasteiger partial charge is 0.360 e. The zero-order chi connectivity index (χ0) is 39.5. The van der Waals surface area contributed by atoms with Crippen LogP contribution in [-0.2, 0) is 24.4 Å². The molecule has 2 aliphatic carbocycles. The third-order valence-electron chi connectivity index (χ3n) is 9.11. The minimum Gasteiger partial charge on any atom is -0.871 e. The van der Waals surface area contributed by atoms with E-state index in [0.717, 1.165) is 0 Å². The summed E-state index contributed by atoms with van der Waals surface area (Å²) in [5.41, 5.74) is 1.11. The van der Waals surface area contributed by atoms with Gasteiger partial charge in [-0.3, -0.25) is 4.79 Å². The molecule has 3 aliphatic rings. The number of hydrogen-bond acceptors (Lipinski definition) is 5. The predicted octanol–water partition coefficient (Wildman–Crippen LogP) is 11.8. The number of benzene rings is 1. The molecular weight excluding hydrogens is 766 g/mol. The second kappa shape index (κ2) is 17.4. The van der Waals surface area contributed by atoms with Crippen molar-refractivity contribution in [2.75, 3.05) is 26.4 Å². The van der Waals surface area contributed by atoms with Gasteiger partial charge in [-0.2, -0.15) is 0 Å². The number of carbonyl (C=O) groups is 1. The van der Waals surface area contributed by atoms with Crippen LogP contribution in [0.25, 0.3) is 17.4 Å². The molecule has 10 heteroatoms. The highest BCUT2D eigenvalue weighted by Gasteiger charge is 2.36. The topological polar surface area (TPSA) is 79.1 Å². The Kier molecular flexibility index (Phi) is 13.5. The van der Waals surface area contributed by atoms with Crippen molar-refractivity contribution in [3.63, 3.8) is 0 Å². The fourth-order valence-corrected chi connectivity index (χ4v) is 6.67. The Labute approximate surface area is 339 Å². The minimum absolute atomic E-state index is 0.0811. The monoisotopic (exact) mass is 812 g/mol. The van der Waals surface area contributed by atoms with Crippen molar-refractivity contribution in [1.29, 1.82) is 0 Å². The molecule has 1 aromatic heterocycles. The largest absolute Gasteiger partial charge is 0.871 e. The molecule has 1 atom stereocenters. The highest BCUT2D eigenvalue weighted by Crippen LogP contribution is 2.41. The summed E-state index contributed by atoms with van der Waals surface area (Å²) in [7, 11) is 0. The van der Waals surface area contributed by atoms with Crippen LogP contribution >= 0.6 is 46.4 Å². The molecule has 2 aromatic rings. The third-order valence-corrected chi connectivity index (χ3v) is 10.6.